The van der Waals surface area contributed by atoms with Gasteiger partial charge in [-0.3, -0.25) is 15.3 Å². The molecule has 3 fully saturated rings. The second-order valence-electron chi connectivity index (χ2n) is 9.59. The van der Waals surface area contributed by atoms with Gasteiger partial charge >= 0.3 is 6.09 Å². The highest BCUT2D eigenvalue weighted by Crippen LogP contribution is 2.44. The lowest BCUT2D eigenvalue weighted by Crippen LogP contribution is -2.48. The molecule has 0 radical (unpaired) electrons. The summed E-state index contributed by atoms with van der Waals surface area (Å²) in [5.74, 6) is -0.0631. The van der Waals surface area contributed by atoms with Crippen LogP contribution in [-0.2, 0) is 19.6 Å². The molecule has 0 spiro atoms. The zero-order valence-electron chi connectivity index (χ0n) is 19.2. The van der Waals surface area contributed by atoms with Gasteiger partial charge in [-0.2, -0.15) is 4.31 Å². The average Bonchev–Trinajstić information content (AvgIpc) is 3.46. The van der Waals surface area contributed by atoms with Crippen molar-refractivity contribution in [1.29, 1.82) is 0 Å². The van der Waals surface area contributed by atoms with E-state index in [0.29, 0.717) is 31.1 Å². The molecule has 10 heteroatoms. The third-order valence-corrected chi connectivity index (χ3v) is 9.18. The first-order valence-corrected chi connectivity index (χ1v) is 13.4. The maximum atomic E-state index is 13.5. The molecular weight excluding hydrogens is 470 g/mol. The van der Waals surface area contributed by atoms with E-state index < -0.39 is 28.1 Å². The Morgan fingerprint density at radius 2 is 1.63 bits per heavy atom. The first-order chi connectivity index (χ1) is 16.9. The second kappa shape index (κ2) is 9.60. The Balaban J connectivity index is 1.29. The smallest absolute Gasteiger partial charge is 0.411 e. The number of hydrogen-bond donors (Lipinski definition) is 3. The number of hydrogen-bond acceptors (Lipinski definition) is 6. The van der Waals surface area contributed by atoms with Crippen molar-refractivity contribution in [2.24, 2.45) is 11.8 Å². The predicted octanol–water partition coefficient (Wildman–Crippen LogP) is 3.75. The largest absolute Gasteiger partial charge is 0.449 e. The van der Waals surface area contributed by atoms with Crippen LogP contribution in [0.3, 0.4) is 0 Å². The maximum Gasteiger partial charge on any atom is 0.411 e. The number of hydroxylamine groups is 1. The van der Waals surface area contributed by atoms with E-state index in [4.69, 9.17) is 9.94 Å². The first-order valence-electron chi connectivity index (χ1n) is 12.0. The molecular formula is C25H29N3O6S. The van der Waals surface area contributed by atoms with Gasteiger partial charge in [0.15, 0.2) is 0 Å². The van der Waals surface area contributed by atoms with E-state index in [1.165, 1.54) is 4.31 Å². The van der Waals surface area contributed by atoms with Gasteiger partial charge in [-0.25, -0.2) is 18.7 Å². The highest BCUT2D eigenvalue weighted by Gasteiger charge is 2.52. The molecule has 1 saturated heterocycles. The lowest BCUT2D eigenvalue weighted by molar-refractivity contribution is -0.132. The molecule has 3 aliphatic rings. The number of sulfonamides is 1. The van der Waals surface area contributed by atoms with Crippen molar-refractivity contribution in [3.8, 4) is 11.1 Å². The molecule has 0 aromatic heterocycles. The quantitative estimate of drug-likeness (QED) is 0.394. The van der Waals surface area contributed by atoms with Crippen LogP contribution in [0.15, 0.2) is 53.4 Å². The molecule has 2 aliphatic carbocycles. The predicted molar refractivity (Wildman–Crippen MR) is 128 cm³/mol. The fraction of sp³-hybridized carbons (Fsp3) is 0.440. The molecule has 9 nitrogen and oxygen atoms in total. The number of nitrogens with one attached hydrogen (secondary N) is 2. The van der Waals surface area contributed by atoms with Crippen LogP contribution < -0.4 is 10.8 Å². The van der Waals surface area contributed by atoms with E-state index >= 15 is 0 Å². The van der Waals surface area contributed by atoms with Crippen LogP contribution in [0, 0.1) is 11.8 Å². The van der Waals surface area contributed by atoms with Crippen LogP contribution in [0.4, 0.5) is 10.5 Å². The lowest BCUT2D eigenvalue weighted by atomic mass is 10.0. The Labute approximate surface area is 204 Å². The number of fused-ring (bicyclic) bond motifs is 1. The zero-order chi connectivity index (χ0) is 24.6. The monoisotopic (exact) mass is 499 g/mol. The number of amides is 2. The summed E-state index contributed by atoms with van der Waals surface area (Å²) in [6, 6.07) is 12.6. The van der Waals surface area contributed by atoms with Gasteiger partial charge in [-0.05, 0) is 79.3 Å². The SMILES string of the molecule is O=C(Nc1ccc(-c2ccc(S(=O)(=O)N3C(C(=O)NO)C[C@H]4CCC[C@H]43)cc2)cc1)OCC1CC1. The number of carbonyl (C=O) groups is 2. The summed E-state index contributed by atoms with van der Waals surface area (Å²) < 4.78 is 33.5. The fourth-order valence-electron chi connectivity index (χ4n) is 5.21. The minimum absolute atomic E-state index is 0.112. The van der Waals surface area contributed by atoms with Crippen molar-refractivity contribution in [1.82, 2.24) is 9.79 Å². The molecule has 2 aromatic carbocycles. The minimum Gasteiger partial charge on any atom is -0.449 e. The number of anilines is 1. The average molecular weight is 500 g/mol. The maximum absolute atomic E-state index is 13.5. The fourth-order valence-corrected chi connectivity index (χ4v) is 7.09. The van der Waals surface area contributed by atoms with Crippen molar-refractivity contribution in [2.75, 3.05) is 11.9 Å². The Morgan fingerprint density at radius 1 is 0.971 bits per heavy atom. The molecule has 2 amide bonds. The number of ether oxygens (including phenoxy) is 1. The van der Waals surface area contributed by atoms with Crippen molar-refractivity contribution in [2.45, 2.75) is 55.5 Å². The van der Waals surface area contributed by atoms with Crippen molar-refractivity contribution >= 4 is 27.7 Å². The summed E-state index contributed by atoms with van der Waals surface area (Å²) >= 11 is 0. The van der Waals surface area contributed by atoms with Gasteiger partial charge in [0.2, 0.25) is 10.0 Å². The second-order valence-corrected chi connectivity index (χ2v) is 11.4. The molecule has 2 saturated carbocycles. The molecule has 3 N–H and O–H groups in total. The third-order valence-electron chi connectivity index (χ3n) is 7.23. The van der Waals surface area contributed by atoms with E-state index in [1.807, 2.05) is 12.1 Å². The van der Waals surface area contributed by atoms with E-state index in [1.54, 1.807) is 41.9 Å². The third kappa shape index (κ3) is 4.91. The Bertz CT molecular complexity index is 1190. The zero-order valence-corrected chi connectivity index (χ0v) is 20.0. The molecule has 0 bridgehead atoms. The Kier molecular flexibility index (Phi) is 6.52. The highest BCUT2D eigenvalue weighted by atomic mass is 32.2. The van der Waals surface area contributed by atoms with Gasteiger partial charge in [0.1, 0.15) is 6.04 Å². The van der Waals surface area contributed by atoms with Gasteiger partial charge < -0.3 is 4.74 Å². The number of nitrogens with zero attached hydrogens (tertiary/aromatic N) is 1. The standard InChI is InChI=1S/C25H29N3O6S/c29-24(27-31)23-14-19-2-1-3-22(19)28(23)35(32,33)21-12-8-18(9-13-21)17-6-10-20(11-7-17)26-25(30)34-15-16-4-5-16/h6-13,16,19,22-23,31H,1-5,14-15H2,(H,26,30)(H,27,29)/t19-,22-,23?/m1/s1. The van der Waals surface area contributed by atoms with Gasteiger partial charge in [0.25, 0.3) is 5.91 Å². The van der Waals surface area contributed by atoms with E-state index in [2.05, 4.69) is 5.32 Å². The van der Waals surface area contributed by atoms with Crippen molar-refractivity contribution in [3.63, 3.8) is 0 Å². The number of carbonyl (C=O) groups excluding carboxylic acids is 2. The van der Waals surface area contributed by atoms with Gasteiger partial charge in [-0.1, -0.05) is 30.7 Å². The van der Waals surface area contributed by atoms with Gasteiger partial charge in [-0.15, -0.1) is 0 Å². The Hall–Kier alpha value is -2.95. The van der Waals surface area contributed by atoms with Gasteiger partial charge in [0, 0.05) is 11.7 Å². The normalized spacial score (nSPS) is 24.1. The van der Waals surface area contributed by atoms with Crippen LogP contribution >= 0.6 is 0 Å². The molecule has 3 atom stereocenters. The molecule has 1 aliphatic heterocycles. The van der Waals surface area contributed by atoms with Crippen LogP contribution in [0.1, 0.15) is 38.5 Å². The summed E-state index contributed by atoms with van der Waals surface area (Å²) in [4.78, 5) is 24.2. The molecule has 1 unspecified atom stereocenters. The Morgan fingerprint density at radius 3 is 2.26 bits per heavy atom. The molecule has 2 aromatic rings. The molecule has 35 heavy (non-hydrogen) atoms. The summed E-state index contributed by atoms with van der Waals surface area (Å²) in [5, 5.41) is 11.8. The van der Waals surface area contributed by atoms with Crippen molar-refractivity contribution in [3.05, 3.63) is 48.5 Å². The van der Waals surface area contributed by atoms with E-state index in [-0.39, 0.29) is 16.9 Å². The van der Waals surface area contributed by atoms with Crippen LogP contribution in [-0.4, -0.2) is 48.6 Å². The highest BCUT2D eigenvalue weighted by molar-refractivity contribution is 7.89. The molecule has 1 heterocycles. The lowest BCUT2D eigenvalue weighted by Gasteiger charge is -2.27. The summed E-state index contributed by atoms with van der Waals surface area (Å²) in [6.45, 7) is 0.448. The number of rotatable bonds is 7. The van der Waals surface area contributed by atoms with Crippen molar-refractivity contribution < 1.29 is 28.0 Å². The van der Waals surface area contributed by atoms with Crippen LogP contribution in [0.25, 0.3) is 11.1 Å². The van der Waals surface area contributed by atoms with Crippen LogP contribution in [0.5, 0.6) is 0 Å². The van der Waals surface area contributed by atoms with E-state index in [9.17, 15) is 18.0 Å². The summed E-state index contributed by atoms with van der Waals surface area (Å²) in [5.41, 5.74) is 3.92. The van der Waals surface area contributed by atoms with Crippen LogP contribution in [0.2, 0.25) is 0 Å². The summed E-state index contributed by atoms with van der Waals surface area (Å²) in [7, 11) is -3.92. The topological polar surface area (TPSA) is 125 Å². The van der Waals surface area contributed by atoms with Gasteiger partial charge in [0.05, 0.1) is 11.5 Å². The minimum atomic E-state index is -3.92. The first kappa shape index (κ1) is 23.8. The summed E-state index contributed by atoms with van der Waals surface area (Å²) in [6.07, 6.45) is 4.69. The van der Waals surface area contributed by atoms with E-state index in [0.717, 1.165) is 36.8 Å². The number of benzene rings is 2. The molecule has 186 valence electrons. The molecule has 5 rings (SSSR count).